The predicted molar refractivity (Wildman–Crippen MR) is 88.7 cm³/mol. The Labute approximate surface area is 134 Å². The lowest BCUT2D eigenvalue weighted by Crippen LogP contribution is -2.22. The number of pyridine rings is 1. The monoisotopic (exact) mass is 309 g/mol. The summed E-state index contributed by atoms with van der Waals surface area (Å²) in [6.45, 7) is 4.90. The van der Waals surface area contributed by atoms with Crippen LogP contribution >= 0.6 is 0 Å². The van der Waals surface area contributed by atoms with Gasteiger partial charge in [0.05, 0.1) is 18.8 Å². The molecule has 2 heterocycles. The van der Waals surface area contributed by atoms with E-state index in [2.05, 4.69) is 10.3 Å². The van der Waals surface area contributed by atoms with Crippen molar-refractivity contribution < 1.29 is 9.53 Å². The molecule has 0 spiro atoms. The van der Waals surface area contributed by atoms with Crippen molar-refractivity contribution in [2.45, 2.75) is 20.4 Å². The van der Waals surface area contributed by atoms with Gasteiger partial charge in [-0.3, -0.25) is 4.79 Å². The van der Waals surface area contributed by atoms with E-state index in [0.717, 1.165) is 17.0 Å². The van der Waals surface area contributed by atoms with Crippen molar-refractivity contribution in [2.24, 2.45) is 0 Å². The highest BCUT2D eigenvalue weighted by Gasteiger charge is 2.08. The van der Waals surface area contributed by atoms with Crippen molar-refractivity contribution in [3.05, 3.63) is 65.6 Å². The molecule has 0 atom stereocenters. The standard InChI is InChI=1S/C18H19N3O2/c1-3-23-16-8-5-7-14(10-16)18(22)19-11-15-12-21-13(2)6-4-9-17(21)20-15/h4-10,12H,3,11H2,1-2H3,(H,19,22). The van der Waals surface area contributed by atoms with Crippen molar-refractivity contribution in [1.82, 2.24) is 14.7 Å². The van der Waals surface area contributed by atoms with E-state index < -0.39 is 0 Å². The van der Waals surface area contributed by atoms with Crippen LogP contribution in [0.5, 0.6) is 5.75 Å². The average molecular weight is 309 g/mol. The summed E-state index contributed by atoms with van der Waals surface area (Å²) in [5, 5.41) is 2.89. The van der Waals surface area contributed by atoms with E-state index in [1.807, 2.05) is 54.8 Å². The third-order valence-electron chi connectivity index (χ3n) is 3.58. The third-order valence-corrected chi connectivity index (χ3v) is 3.58. The normalized spacial score (nSPS) is 10.7. The molecule has 1 aromatic carbocycles. The summed E-state index contributed by atoms with van der Waals surface area (Å²) in [6.07, 6.45) is 1.95. The van der Waals surface area contributed by atoms with Crippen LogP contribution in [0.4, 0.5) is 0 Å². The lowest BCUT2D eigenvalue weighted by atomic mass is 10.2. The van der Waals surface area contributed by atoms with Crippen LogP contribution in [-0.2, 0) is 6.54 Å². The number of ether oxygens (including phenoxy) is 1. The van der Waals surface area contributed by atoms with Crippen molar-refractivity contribution in [3.63, 3.8) is 0 Å². The molecule has 23 heavy (non-hydrogen) atoms. The maximum atomic E-state index is 12.3. The first-order valence-corrected chi connectivity index (χ1v) is 7.62. The van der Waals surface area contributed by atoms with Crippen molar-refractivity contribution >= 4 is 11.6 Å². The van der Waals surface area contributed by atoms with Gasteiger partial charge in [0.15, 0.2) is 0 Å². The number of nitrogens with zero attached hydrogens (tertiary/aromatic N) is 2. The summed E-state index contributed by atoms with van der Waals surface area (Å²) in [7, 11) is 0. The number of hydrogen-bond acceptors (Lipinski definition) is 3. The van der Waals surface area contributed by atoms with Crippen LogP contribution in [0.25, 0.3) is 5.65 Å². The second-order valence-electron chi connectivity index (χ2n) is 5.27. The quantitative estimate of drug-likeness (QED) is 0.788. The molecule has 0 fully saturated rings. The molecule has 0 saturated carbocycles. The maximum absolute atomic E-state index is 12.3. The second-order valence-corrected chi connectivity index (χ2v) is 5.27. The molecule has 118 valence electrons. The first-order chi connectivity index (χ1) is 11.2. The number of nitrogens with one attached hydrogen (secondary N) is 1. The summed E-state index contributed by atoms with van der Waals surface area (Å²) in [6, 6.07) is 13.1. The van der Waals surface area contributed by atoms with Crippen LogP contribution in [-0.4, -0.2) is 21.9 Å². The molecule has 3 aromatic rings. The van der Waals surface area contributed by atoms with Gasteiger partial charge in [-0.2, -0.15) is 0 Å². The zero-order valence-corrected chi connectivity index (χ0v) is 13.2. The summed E-state index contributed by atoms with van der Waals surface area (Å²) in [5.41, 5.74) is 3.40. The number of rotatable bonds is 5. The van der Waals surface area contributed by atoms with Gasteiger partial charge in [0.1, 0.15) is 11.4 Å². The van der Waals surface area contributed by atoms with Gasteiger partial charge in [-0.25, -0.2) is 4.98 Å². The minimum absolute atomic E-state index is 0.139. The predicted octanol–water partition coefficient (Wildman–Crippen LogP) is 2.97. The van der Waals surface area contributed by atoms with Crippen LogP contribution in [0.3, 0.4) is 0 Å². The van der Waals surface area contributed by atoms with Gasteiger partial charge in [-0.1, -0.05) is 12.1 Å². The highest BCUT2D eigenvalue weighted by molar-refractivity contribution is 5.94. The van der Waals surface area contributed by atoms with Gasteiger partial charge in [-0.15, -0.1) is 0 Å². The van der Waals surface area contributed by atoms with E-state index in [1.54, 1.807) is 12.1 Å². The Balaban J connectivity index is 1.70. The average Bonchev–Trinajstić information content (AvgIpc) is 2.98. The molecule has 2 aromatic heterocycles. The Morgan fingerprint density at radius 2 is 2.09 bits per heavy atom. The maximum Gasteiger partial charge on any atom is 0.251 e. The Hall–Kier alpha value is -2.82. The molecule has 0 bridgehead atoms. The smallest absolute Gasteiger partial charge is 0.251 e. The van der Waals surface area contributed by atoms with E-state index in [4.69, 9.17) is 4.74 Å². The van der Waals surface area contributed by atoms with Crippen molar-refractivity contribution in [2.75, 3.05) is 6.61 Å². The van der Waals surface area contributed by atoms with E-state index >= 15 is 0 Å². The Morgan fingerprint density at radius 1 is 1.26 bits per heavy atom. The van der Waals surface area contributed by atoms with Gasteiger partial charge >= 0.3 is 0 Å². The molecule has 1 N–H and O–H groups in total. The first-order valence-electron chi connectivity index (χ1n) is 7.62. The summed E-state index contributed by atoms with van der Waals surface area (Å²) >= 11 is 0. The number of amides is 1. The molecule has 5 heteroatoms. The molecule has 3 rings (SSSR count). The van der Waals surface area contributed by atoms with Gasteiger partial charge in [0, 0.05) is 17.5 Å². The number of aromatic nitrogens is 2. The second kappa shape index (κ2) is 6.52. The number of benzene rings is 1. The van der Waals surface area contributed by atoms with Crippen LogP contribution in [0.1, 0.15) is 28.7 Å². The number of imidazole rings is 1. The molecule has 0 aliphatic heterocycles. The van der Waals surface area contributed by atoms with E-state index in [0.29, 0.717) is 24.5 Å². The molecular weight excluding hydrogens is 290 g/mol. The summed E-state index contributed by atoms with van der Waals surface area (Å²) in [5.74, 6) is 0.559. The van der Waals surface area contributed by atoms with Crippen molar-refractivity contribution in [3.8, 4) is 5.75 Å². The Kier molecular flexibility index (Phi) is 4.28. The van der Waals surface area contributed by atoms with Gasteiger partial charge in [0.2, 0.25) is 0 Å². The van der Waals surface area contributed by atoms with E-state index in [9.17, 15) is 4.79 Å². The lowest BCUT2D eigenvalue weighted by molar-refractivity contribution is 0.0950. The number of aryl methyl sites for hydroxylation is 1. The first kappa shape index (κ1) is 15.1. The zero-order chi connectivity index (χ0) is 16.2. The molecule has 0 saturated heterocycles. The van der Waals surface area contributed by atoms with Gasteiger partial charge in [0.25, 0.3) is 5.91 Å². The Morgan fingerprint density at radius 3 is 2.87 bits per heavy atom. The largest absolute Gasteiger partial charge is 0.494 e. The van der Waals surface area contributed by atoms with Crippen LogP contribution in [0, 0.1) is 6.92 Å². The van der Waals surface area contributed by atoms with E-state index in [1.165, 1.54) is 0 Å². The van der Waals surface area contributed by atoms with Crippen LogP contribution < -0.4 is 10.1 Å². The van der Waals surface area contributed by atoms with Gasteiger partial charge in [-0.05, 0) is 44.2 Å². The molecule has 5 nitrogen and oxygen atoms in total. The minimum Gasteiger partial charge on any atom is -0.494 e. The number of hydrogen-bond donors (Lipinski definition) is 1. The topological polar surface area (TPSA) is 55.6 Å². The molecule has 0 unspecified atom stereocenters. The number of carbonyl (C=O) groups is 1. The lowest BCUT2D eigenvalue weighted by Gasteiger charge is -2.06. The molecular formula is C18H19N3O2. The SMILES string of the molecule is CCOc1cccc(C(=O)NCc2cn3c(C)cccc3n2)c1. The Bertz CT molecular complexity index is 839. The zero-order valence-electron chi connectivity index (χ0n) is 13.2. The van der Waals surface area contributed by atoms with Crippen molar-refractivity contribution in [1.29, 1.82) is 0 Å². The fraction of sp³-hybridized carbons (Fsp3) is 0.222. The molecule has 0 aliphatic carbocycles. The highest BCUT2D eigenvalue weighted by atomic mass is 16.5. The van der Waals surface area contributed by atoms with Gasteiger partial charge < -0.3 is 14.5 Å². The minimum atomic E-state index is -0.139. The van der Waals surface area contributed by atoms with Crippen LogP contribution in [0.2, 0.25) is 0 Å². The molecule has 1 amide bonds. The number of fused-ring (bicyclic) bond motifs is 1. The highest BCUT2D eigenvalue weighted by Crippen LogP contribution is 2.13. The molecule has 0 radical (unpaired) electrons. The summed E-state index contributed by atoms with van der Waals surface area (Å²) in [4.78, 5) is 16.8. The van der Waals surface area contributed by atoms with E-state index in [-0.39, 0.29) is 5.91 Å². The fourth-order valence-corrected chi connectivity index (χ4v) is 2.45. The molecule has 0 aliphatic rings. The van der Waals surface area contributed by atoms with Crippen LogP contribution in [0.15, 0.2) is 48.7 Å². The summed E-state index contributed by atoms with van der Waals surface area (Å²) < 4.78 is 7.43. The number of carbonyl (C=O) groups excluding carboxylic acids is 1. The fourth-order valence-electron chi connectivity index (χ4n) is 2.45. The third kappa shape index (κ3) is 3.34.